The Morgan fingerprint density at radius 1 is 1.07 bits per heavy atom. The van der Waals surface area contributed by atoms with Crippen LogP contribution >= 0.6 is 23.8 Å². The van der Waals surface area contributed by atoms with Gasteiger partial charge in [-0.3, -0.25) is 14.9 Å². The zero-order valence-electron chi connectivity index (χ0n) is 15.3. The van der Waals surface area contributed by atoms with E-state index in [0.717, 1.165) is 35.3 Å². The van der Waals surface area contributed by atoms with Gasteiger partial charge in [0.2, 0.25) is 11.8 Å². The van der Waals surface area contributed by atoms with Gasteiger partial charge in [-0.1, -0.05) is 29.8 Å². The minimum absolute atomic E-state index is 0.0449. The van der Waals surface area contributed by atoms with Gasteiger partial charge in [-0.2, -0.15) is 0 Å². The smallest absolute Gasteiger partial charge is 0.250 e. The van der Waals surface area contributed by atoms with Crippen molar-refractivity contribution in [3.8, 4) is 0 Å². The zero-order valence-corrected chi connectivity index (χ0v) is 16.9. The highest BCUT2D eigenvalue weighted by molar-refractivity contribution is 7.80. The van der Waals surface area contributed by atoms with Crippen molar-refractivity contribution in [2.45, 2.75) is 19.8 Å². The minimum Gasteiger partial charge on any atom is -0.332 e. The van der Waals surface area contributed by atoms with E-state index in [-0.39, 0.29) is 22.8 Å². The minimum atomic E-state index is -0.344. The fourth-order valence-corrected chi connectivity index (χ4v) is 2.88. The van der Waals surface area contributed by atoms with Gasteiger partial charge in [-0.25, -0.2) is 0 Å². The third kappa shape index (κ3) is 5.65. The van der Waals surface area contributed by atoms with Crippen LogP contribution in [0.2, 0.25) is 5.02 Å². The molecule has 1 aliphatic carbocycles. The van der Waals surface area contributed by atoms with Crippen molar-refractivity contribution in [3.63, 3.8) is 0 Å². The van der Waals surface area contributed by atoms with Crippen LogP contribution in [0.1, 0.15) is 24.0 Å². The number of hydrogen-bond acceptors (Lipinski definition) is 3. The number of thiocarbonyl (C=S) groups is 1. The predicted octanol–water partition coefficient (Wildman–Crippen LogP) is 4.52. The Bertz CT molecular complexity index is 937. The van der Waals surface area contributed by atoms with Crippen molar-refractivity contribution in [1.29, 1.82) is 0 Å². The first kappa shape index (κ1) is 20.0. The highest BCUT2D eigenvalue weighted by Gasteiger charge is 2.29. The molecule has 0 aliphatic heterocycles. The van der Waals surface area contributed by atoms with Crippen LogP contribution in [0.4, 0.5) is 11.4 Å². The van der Waals surface area contributed by atoms with Crippen LogP contribution in [0, 0.1) is 12.8 Å². The van der Waals surface area contributed by atoms with Crippen LogP contribution in [0.25, 0.3) is 6.08 Å². The summed E-state index contributed by atoms with van der Waals surface area (Å²) in [6.45, 7) is 1.88. The van der Waals surface area contributed by atoms with Crippen LogP contribution < -0.4 is 16.0 Å². The molecule has 28 heavy (non-hydrogen) atoms. The molecular weight excluding hydrogens is 394 g/mol. The molecule has 0 radical (unpaired) electrons. The molecule has 0 saturated heterocycles. The van der Waals surface area contributed by atoms with E-state index in [2.05, 4.69) is 16.0 Å². The summed E-state index contributed by atoms with van der Waals surface area (Å²) in [5.41, 5.74) is 3.16. The van der Waals surface area contributed by atoms with Gasteiger partial charge in [0.05, 0.1) is 0 Å². The Kier molecular flexibility index (Phi) is 6.44. The number of carbonyl (C=O) groups is 2. The lowest BCUT2D eigenvalue weighted by Crippen LogP contribution is -2.33. The zero-order chi connectivity index (χ0) is 20.1. The van der Waals surface area contributed by atoms with E-state index >= 15 is 0 Å². The lowest BCUT2D eigenvalue weighted by atomic mass is 10.1. The molecule has 0 spiro atoms. The number of anilines is 2. The van der Waals surface area contributed by atoms with Gasteiger partial charge in [-0.05, 0) is 73.5 Å². The lowest BCUT2D eigenvalue weighted by molar-refractivity contribution is -0.117. The molecule has 5 nitrogen and oxygen atoms in total. The topological polar surface area (TPSA) is 70.2 Å². The molecule has 144 valence electrons. The van der Waals surface area contributed by atoms with Crippen LogP contribution in [-0.2, 0) is 9.59 Å². The van der Waals surface area contributed by atoms with Gasteiger partial charge < -0.3 is 10.6 Å². The monoisotopic (exact) mass is 413 g/mol. The molecule has 2 aromatic carbocycles. The number of carbonyl (C=O) groups excluding carboxylic acids is 2. The molecule has 2 aromatic rings. The normalized spacial score (nSPS) is 13.2. The molecule has 0 unspecified atom stereocenters. The van der Waals surface area contributed by atoms with Gasteiger partial charge >= 0.3 is 0 Å². The number of hydrogen-bond donors (Lipinski definition) is 3. The number of halogens is 1. The summed E-state index contributed by atoms with van der Waals surface area (Å²) >= 11 is 11.1. The van der Waals surface area contributed by atoms with Gasteiger partial charge in [0.1, 0.15) is 0 Å². The standard InChI is InChI=1S/C21H20ClN3O2S/c1-13-17(23-20(27)15-8-9-15)3-2-4-18(13)24-21(28)25-19(26)12-7-14-5-10-16(22)11-6-14/h2-7,10-12,15H,8-9H2,1H3,(H,23,27)(H2,24,25,26,28)/b12-7+. The molecule has 0 bridgehead atoms. The van der Waals surface area contributed by atoms with E-state index in [0.29, 0.717) is 5.02 Å². The molecule has 7 heteroatoms. The summed E-state index contributed by atoms with van der Waals surface area (Å²) < 4.78 is 0. The summed E-state index contributed by atoms with van der Waals surface area (Å²) in [6.07, 6.45) is 4.97. The third-order valence-corrected chi connectivity index (χ3v) is 4.78. The number of benzene rings is 2. The van der Waals surface area contributed by atoms with Gasteiger partial charge in [0, 0.05) is 28.4 Å². The Labute approximate surface area is 174 Å². The van der Waals surface area contributed by atoms with Gasteiger partial charge in [0.25, 0.3) is 0 Å². The van der Waals surface area contributed by atoms with Crippen molar-refractivity contribution in [2.75, 3.05) is 10.6 Å². The number of amides is 2. The average Bonchev–Trinajstić information content (AvgIpc) is 3.50. The van der Waals surface area contributed by atoms with E-state index in [4.69, 9.17) is 23.8 Å². The van der Waals surface area contributed by atoms with Crippen LogP contribution in [0.15, 0.2) is 48.5 Å². The Balaban J connectivity index is 1.57. The van der Waals surface area contributed by atoms with E-state index < -0.39 is 0 Å². The lowest BCUT2D eigenvalue weighted by Gasteiger charge is -2.14. The summed E-state index contributed by atoms with van der Waals surface area (Å²) in [4.78, 5) is 24.0. The Morgan fingerprint density at radius 2 is 1.71 bits per heavy atom. The maximum Gasteiger partial charge on any atom is 0.250 e. The summed E-state index contributed by atoms with van der Waals surface area (Å²) in [5, 5.41) is 9.36. The van der Waals surface area contributed by atoms with Crippen molar-refractivity contribution in [2.24, 2.45) is 5.92 Å². The number of rotatable bonds is 5. The SMILES string of the molecule is Cc1c(NC(=O)C2CC2)cccc1NC(=S)NC(=O)/C=C/c1ccc(Cl)cc1. The fourth-order valence-electron chi connectivity index (χ4n) is 2.54. The van der Waals surface area contributed by atoms with Crippen molar-refractivity contribution >= 4 is 58.2 Å². The van der Waals surface area contributed by atoms with E-state index in [1.165, 1.54) is 6.08 Å². The maximum absolute atomic E-state index is 12.1. The largest absolute Gasteiger partial charge is 0.332 e. The molecular formula is C21H20ClN3O2S. The van der Waals surface area contributed by atoms with Gasteiger partial charge in [-0.15, -0.1) is 0 Å². The van der Waals surface area contributed by atoms with Crippen LogP contribution in [-0.4, -0.2) is 16.9 Å². The first-order valence-corrected chi connectivity index (χ1v) is 9.67. The predicted molar refractivity (Wildman–Crippen MR) is 117 cm³/mol. The third-order valence-electron chi connectivity index (χ3n) is 4.32. The summed E-state index contributed by atoms with van der Waals surface area (Å²) in [5.74, 6) is -0.171. The molecule has 1 saturated carbocycles. The Hall–Kier alpha value is -2.70. The highest BCUT2D eigenvalue weighted by atomic mass is 35.5. The van der Waals surface area contributed by atoms with Crippen molar-refractivity contribution in [1.82, 2.24) is 5.32 Å². The Morgan fingerprint density at radius 3 is 2.36 bits per heavy atom. The number of nitrogens with one attached hydrogen (secondary N) is 3. The summed E-state index contributed by atoms with van der Waals surface area (Å²) in [6, 6.07) is 12.6. The van der Waals surface area contributed by atoms with Crippen LogP contribution in [0.3, 0.4) is 0 Å². The molecule has 0 aromatic heterocycles. The fraction of sp³-hybridized carbons (Fsp3) is 0.190. The van der Waals surface area contributed by atoms with Crippen LogP contribution in [0.5, 0.6) is 0 Å². The average molecular weight is 414 g/mol. The van der Waals surface area contributed by atoms with E-state index in [9.17, 15) is 9.59 Å². The summed E-state index contributed by atoms with van der Waals surface area (Å²) in [7, 11) is 0. The van der Waals surface area contributed by atoms with E-state index in [1.54, 1.807) is 18.2 Å². The second-order valence-corrected chi connectivity index (χ2v) is 7.41. The quantitative estimate of drug-likeness (QED) is 0.497. The first-order chi connectivity index (χ1) is 13.4. The highest BCUT2D eigenvalue weighted by Crippen LogP contribution is 2.31. The second kappa shape index (κ2) is 8.99. The second-order valence-electron chi connectivity index (χ2n) is 6.57. The molecule has 0 atom stereocenters. The molecule has 1 fully saturated rings. The van der Waals surface area contributed by atoms with Crippen molar-refractivity contribution in [3.05, 3.63) is 64.7 Å². The molecule has 3 rings (SSSR count). The van der Waals surface area contributed by atoms with Gasteiger partial charge in [0.15, 0.2) is 5.11 Å². The molecule has 2 amide bonds. The maximum atomic E-state index is 12.1. The molecule has 3 N–H and O–H groups in total. The van der Waals surface area contributed by atoms with Crippen molar-refractivity contribution < 1.29 is 9.59 Å². The molecule has 0 heterocycles. The first-order valence-electron chi connectivity index (χ1n) is 8.88. The molecule has 1 aliphatic rings. The van der Waals surface area contributed by atoms with E-state index in [1.807, 2.05) is 37.3 Å².